The number of benzene rings is 1. The molecule has 1 aromatic carbocycles. The van der Waals surface area contributed by atoms with Crippen LogP contribution >= 0.6 is 0 Å². The van der Waals surface area contributed by atoms with Gasteiger partial charge in [0.25, 0.3) is 10.0 Å². The Hall–Kier alpha value is -3.43. The maximum atomic E-state index is 13.2. The van der Waals surface area contributed by atoms with E-state index in [1.807, 2.05) is 26.5 Å². The number of fused-ring (bicyclic) bond motifs is 1. The highest BCUT2D eigenvalue weighted by atomic mass is 32.2. The number of anilines is 2. The minimum Gasteiger partial charge on any atom is -0.370 e. The molecule has 1 aliphatic heterocycles. The first kappa shape index (κ1) is 23.3. The SMILES string of the molecule is CN(C)CCn1cc(-c2cncc(N3CCCC3)c2)c2c(NS(=O)(=O)c3ccccc3)ccnc21. The summed E-state index contributed by atoms with van der Waals surface area (Å²) in [5, 5.41) is 0.770. The molecule has 35 heavy (non-hydrogen) atoms. The van der Waals surface area contributed by atoms with E-state index in [0.29, 0.717) is 5.69 Å². The van der Waals surface area contributed by atoms with Crippen LogP contribution in [0.4, 0.5) is 11.4 Å². The molecule has 9 heteroatoms. The minimum absolute atomic E-state index is 0.219. The normalized spacial score (nSPS) is 14.2. The van der Waals surface area contributed by atoms with Gasteiger partial charge in [0.2, 0.25) is 0 Å². The van der Waals surface area contributed by atoms with Crippen LogP contribution in [-0.2, 0) is 16.6 Å². The monoisotopic (exact) mass is 490 g/mol. The summed E-state index contributed by atoms with van der Waals surface area (Å²) in [6, 6.07) is 12.3. The molecule has 0 saturated carbocycles. The van der Waals surface area contributed by atoms with Crippen molar-refractivity contribution in [1.82, 2.24) is 19.4 Å². The molecule has 4 heterocycles. The summed E-state index contributed by atoms with van der Waals surface area (Å²) in [5.74, 6) is 0. The summed E-state index contributed by atoms with van der Waals surface area (Å²) in [6.07, 6.45) is 9.82. The van der Waals surface area contributed by atoms with Crippen molar-refractivity contribution in [3.63, 3.8) is 0 Å². The molecular weight excluding hydrogens is 460 g/mol. The summed E-state index contributed by atoms with van der Waals surface area (Å²) in [5.41, 5.74) is 4.18. The van der Waals surface area contributed by atoms with Gasteiger partial charge in [-0.25, -0.2) is 13.4 Å². The van der Waals surface area contributed by atoms with E-state index in [9.17, 15) is 8.42 Å². The molecule has 4 aromatic rings. The number of hydrogen-bond acceptors (Lipinski definition) is 6. The summed E-state index contributed by atoms with van der Waals surface area (Å²) in [6.45, 7) is 3.61. The molecule has 0 radical (unpaired) electrons. The third-order valence-corrected chi connectivity index (χ3v) is 7.73. The van der Waals surface area contributed by atoms with Gasteiger partial charge in [0, 0.05) is 55.9 Å². The van der Waals surface area contributed by atoms with Gasteiger partial charge in [0.1, 0.15) is 5.65 Å². The number of aromatic nitrogens is 3. The van der Waals surface area contributed by atoms with Crippen LogP contribution < -0.4 is 9.62 Å². The summed E-state index contributed by atoms with van der Waals surface area (Å²) >= 11 is 0. The van der Waals surface area contributed by atoms with Crippen LogP contribution in [0.3, 0.4) is 0 Å². The van der Waals surface area contributed by atoms with Gasteiger partial charge in [0.15, 0.2) is 0 Å². The molecule has 182 valence electrons. The van der Waals surface area contributed by atoms with Crippen LogP contribution in [0.2, 0.25) is 0 Å². The topological polar surface area (TPSA) is 83.4 Å². The van der Waals surface area contributed by atoms with Gasteiger partial charge in [-0.1, -0.05) is 18.2 Å². The predicted molar refractivity (Wildman–Crippen MR) is 140 cm³/mol. The molecule has 0 unspecified atom stereocenters. The molecule has 1 aliphatic rings. The Morgan fingerprint density at radius 1 is 1.06 bits per heavy atom. The Morgan fingerprint density at radius 2 is 1.83 bits per heavy atom. The Balaban J connectivity index is 1.63. The number of pyridine rings is 2. The van der Waals surface area contributed by atoms with Crippen LogP contribution in [0.1, 0.15) is 12.8 Å². The van der Waals surface area contributed by atoms with Gasteiger partial charge < -0.3 is 14.4 Å². The number of nitrogens with zero attached hydrogens (tertiary/aromatic N) is 5. The maximum absolute atomic E-state index is 13.2. The average Bonchev–Trinajstić information content (AvgIpc) is 3.52. The summed E-state index contributed by atoms with van der Waals surface area (Å²) in [7, 11) is 0.301. The smallest absolute Gasteiger partial charge is 0.261 e. The molecule has 1 fully saturated rings. The van der Waals surface area contributed by atoms with E-state index in [0.717, 1.165) is 54.0 Å². The molecule has 0 atom stereocenters. The summed E-state index contributed by atoms with van der Waals surface area (Å²) < 4.78 is 31.3. The highest BCUT2D eigenvalue weighted by Gasteiger charge is 2.21. The van der Waals surface area contributed by atoms with Crippen molar-refractivity contribution in [3.8, 4) is 11.1 Å². The first-order valence-corrected chi connectivity index (χ1v) is 13.3. The second-order valence-electron chi connectivity index (χ2n) is 9.14. The Morgan fingerprint density at radius 3 is 2.57 bits per heavy atom. The molecule has 0 amide bonds. The van der Waals surface area contributed by atoms with Crippen molar-refractivity contribution in [2.75, 3.05) is 43.4 Å². The number of sulfonamides is 1. The van der Waals surface area contributed by atoms with Gasteiger partial charge in [-0.2, -0.15) is 0 Å². The van der Waals surface area contributed by atoms with Gasteiger partial charge >= 0.3 is 0 Å². The lowest BCUT2D eigenvalue weighted by Crippen LogP contribution is -2.18. The van der Waals surface area contributed by atoms with E-state index in [4.69, 9.17) is 0 Å². The fraction of sp³-hybridized carbons (Fsp3) is 0.308. The van der Waals surface area contributed by atoms with Gasteiger partial charge in [-0.05, 0) is 51.2 Å². The Bertz CT molecular complexity index is 1430. The molecule has 1 saturated heterocycles. The quantitative estimate of drug-likeness (QED) is 0.401. The Labute approximate surface area is 206 Å². The maximum Gasteiger partial charge on any atom is 0.261 e. The highest BCUT2D eigenvalue weighted by Crippen LogP contribution is 2.37. The van der Waals surface area contributed by atoms with E-state index in [1.165, 1.54) is 12.8 Å². The van der Waals surface area contributed by atoms with Crippen molar-refractivity contribution in [2.45, 2.75) is 24.3 Å². The van der Waals surface area contributed by atoms with E-state index in [1.54, 1.807) is 42.6 Å². The third-order valence-electron chi connectivity index (χ3n) is 6.35. The average molecular weight is 491 g/mol. The van der Waals surface area contributed by atoms with Crippen LogP contribution in [0.15, 0.2) is 72.1 Å². The van der Waals surface area contributed by atoms with E-state index in [-0.39, 0.29) is 4.90 Å². The largest absolute Gasteiger partial charge is 0.370 e. The fourth-order valence-electron chi connectivity index (χ4n) is 4.52. The lowest BCUT2D eigenvalue weighted by molar-refractivity contribution is 0.386. The van der Waals surface area contributed by atoms with Crippen LogP contribution in [0.25, 0.3) is 22.2 Å². The molecule has 8 nitrogen and oxygen atoms in total. The predicted octanol–water partition coefficient (Wildman–Crippen LogP) is 4.06. The molecule has 0 spiro atoms. The number of nitrogens with one attached hydrogen (secondary N) is 1. The van der Waals surface area contributed by atoms with Crippen LogP contribution in [-0.4, -0.2) is 61.6 Å². The number of likely N-dealkylation sites (N-methyl/N-ethyl adjacent to an activating group) is 1. The van der Waals surface area contributed by atoms with Crippen LogP contribution in [0.5, 0.6) is 0 Å². The van der Waals surface area contributed by atoms with Gasteiger partial charge in [0.05, 0.1) is 27.9 Å². The van der Waals surface area contributed by atoms with Gasteiger partial charge in [-0.3, -0.25) is 9.71 Å². The van der Waals surface area contributed by atoms with Crippen molar-refractivity contribution in [1.29, 1.82) is 0 Å². The van der Waals surface area contributed by atoms with Gasteiger partial charge in [-0.15, -0.1) is 0 Å². The van der Waals surface area contributed by atoms with E-state index in [2.05, 4.69) is 41.3 Å². The first-order chi connectivity index (χ1) is 16.9. The molecule has 0 aliphatic carbocycles. The lowest BCUT2D eigenvalue weighted by atomic mass is 10.1. The standard InChI is InChI=1S/C26H30N6O2S/c1-30(2)14-15-32-19-23(20-16-21(18-27-17-20)31-12-6-7-13-31)25-24(10-11-28-26(25)32)29-35(33,34)22-8-4-3-5-9-22/h3-5,8-11,16-19H,6-7,12-15H2,1-2H3,(H,28,29). The van der Waals surface area contributed by atoms with E-state index >= 15 is 0 Å². The minimum atomic E-state index is -3.76. The van der Waals surface area contributed by atoms with Crippen molar-refractivity contribution in [2.24, 2.45) is 0 Å². The number of rotatable bonds is 8. The first-order valence-electron chi connectivity index (χ1n) is 11.8. The van der Waals surface area contributed by atoms with Crippen molar-refractivity contribution in [3.05, 3.63) is 67.3 Å². The van der Waals surface area contributed by atoms with E-state index < -0.39 is 10.0 Å². The molecular formula is C26H30N6O2S. The molecule has 5 rings (SSSR count). The number of hydrogen-bond donors (Lipinski definition) is 1. The zero-order valence-electron chi connectivity index (χ0n) is 20.1. The second-order valence-corrected chi connectivity index (χ2v) is 10.8. The molecule has 0 bridgehead atoms. The second kappa shape index (κ2) is 9.67. The Kier molecular flexibility index (Phi) is 6.44. The third kappa shape index (κ3) is 4.87. The highest BCUT2D eigenvalue weighted by molar-refractivity contribution is 7.92. The van der Waals surface area contributed by atoms with Crippen molar-refractivity contribution >= 4 is 32.4 Å². The molecule has 3 aromatic heterocycles. The zero-order valence-corrected chi connectivity index (χ0v) is 20.9. The zero-order chi connectivity index (χ0) is 24.4. The van der Waals surface area contributed by atoms with Crippen LogP contribution in [0, 0.1) is 0 Å². The molecule has 1 N–H and O–H groups in total. The lowest BCUT2D eigenvalue weighted by Gasteiger charge is -2.17. The van der Waals surface area contributed by atoms with Crippen molar-refractivity contribution < 1.29 is 8.42 Å². The fourth-order valence-corrected chi connectivity index (χ4v) is 5.62. The summed E-state index contributed by atoms with van der Waals surface area (Å²) in [4.78, 5) is 13.9.